The summed E-state index contributed by atoms with van der Waals surface area (Å²) < 4.78 is 2.68. The molecule has 0 unspecified atom stereocenters. The van der Waals surface area contributed by atoms with Crippen molar-refractivity contribution >= 4 is 63.8 Å². The van der Waals surface area contributed by atoms with Crippen LogP contribution in [0.2, 0.25) is 0 Å². The van der Waals surface area contributed by atoms with Crippen LogP contribution in [0.15, 0.2) is 158 Å². The molecule has 200 valence electrons. The maximum atomic E-state index is 2.37. The fourth-order valence-electron chi connectivity index (χ4n) is 6.73. The molecule has 0 N–H and O–H groups in total. The average Bonchev–Trinajstić information content (AvgIpc) is 3.46. The minimum atomic E-state index is 1.23. The first-order valence-electron chi connectivity index (χ1n) is 14.8. The smallest absolute Gasteiger partial charge is 0.0355 e. The Morgan fingerprint density at radius 2 is 0.651 bits per heavy atom. The standard InChI is InChI=1S/C42H26S/c1-2-12-35-33(10-1)34-11-3-4-13-36(34)39-25-31(20-22-37(35)39)28-18-16-27(17-19-28)29-8-7-9-30(24-29)32-21-23-42-40(26-32)38-14-5-6-15-41(38)43-42/h1-26H. The third-order valence-corrected chi connectivity index (χ3v) is 10.0. The van der Waals surface area contributed by atoms with Gasteiger partial charge in [0.15, 0.2) is 0 Å². The first-order chi connectivity index (χ1) is 21.3. The maximum Gasteiger partial charge on any atom is 0.0355 e. The van der Waals surface area contributed by atoms with Gasteiger partial charge in [0.05, 0.1) is 0 Å². The Bertz CT molecular complexity index is 2460. The molecule has 0 amide bonds. The molecule has 9 aromatic rings. The van der Waals surface area contributed by atoms with Gasteiger partial charge in [-0.25, -0.2) is 0 Å². The minimum Gasteiger partial charge on any atom is -0.135 e. The van der Waals surface area contributed by atoms with Gasteiger partial charge in [0.2, 0.25) is 0 Å². The maximum absolute atomic E-state index is 2.37. The summed E-state index contributed by atoms with van der Waals surface area (Å²) in [7, 11) is 0. The van der Waals surface area contributed by atoms with E-state index in [1.807, 2.05) is 11.3 Å². The van der Waals surface area contributed by atoms with Crippen LogP contribution >= 0.6 is 11.3 Å². The van der Waals surface area contributed by atoms with Gasteiger partial charge in [-0.05, 0) is 96.0 Å². The lowest BCUT2D eigenvalue weighted by Gasteiger charge is -2.12. The van der Waals surface area contributed by atoms with E-state index in [0.29, 0.717) is 0 Å². The summed E-state index contributed by atoms with van der Waals surface area (Å²) in [5.74, 6) is 0. The van der Waals surface area contributed by atoms with E-state index in [-0.39, 0.29) is 0 Å². The van der Waals surface area contributed by atoms with E-state index in [2.05, 4.69) is 158 Å². The molecule has 0 bridgehead atoms. The van der Waals surface area contributed by atoms with Gasteiger partial charge in [-0.15, -0.1) is 11.3 Å². The van der Waals surface area contributed by atoms with E-state index in [9.17, 15) is 0 Å². The fraction of sp³-hybridized carbons (Fsp3) is 0. The molecular weight excluding hydrogens is 537 g/mol. The van der Waals surface area contributed by atoms with Crippen LogP contribution in [0.4, 0.5) is 0 Å². The number of fused-ring (bicyclic) bond motifs is 9. The molecule has 1 aromatic heterocycles. The highest BCUT2D eigenvalue weighted by Crippen LogP contribution is 2.39. The zero-order valence-electron chi connectivity index (χ0n) is 23.4. The van der Waals surface area contributed by atoms with Gasteiger partial charge in [-0.3, -0.25) is 0 Å². The molecule has 43 heavy (non-hydrogen) atoms. The van der Waals surface area contributed by atoms with Crippen molar-refractivity contribution in [1.82, 2.24) is 0 Å². The fourth-order valence-corrected chi connectivity index (χ4v) is 7.81. The number of hydrogen-bond acceptors (Lipinski definition) is 1. The van der Waals surface area contributed by atoms with Gasteiger partial charge in [-0.2, -0.15) is 0 Å². The van der Waals surface area contributed by atoms with E-state index in [1.54, 1.807) is 0 Å². The highest BCUT2D eigenvalue weighted by atomic mass is 32.1. The van der Waals surface area contributed by atoms with Crippen molar-refractivity contribution in [2.75, 3.05) is 0 Å². The third kappa shape index (κ3) is 3.97. The minimum absolute atomic E-state index is 1.23. The molecule has 0 aliphatic heterocycles. The molecule has 0 saturated carbocycles. The summed E-state index contributed by atoms with van der Waals surface area (Å²) in [6.07, 6.45) is 0. The molecule has 1 heterocycles. The van der Waals surface area contributed by atoms with E-state index in [4.69, 9.17) is 0 Å². The van der Waals surface area contributed by atoms with Crippen LogP contribution < -0.4 is 0 Å². The second-order valence-corrected chi connectivity index (χ2v) is 12.4. The van der Waals surface area contributed by atoms with Crippen molar-refractivity contribution < 1.29 is 0 Å². The largest absolute Gasteiger partial charge is 0.135 e. The van der Waals surface area contributed by atoms with Gasteiger partial charge in [0.1, 0.15) is 0 Å². The second-order valence-electron chi connectivity index (χ2n) is 11.3. The van der Waals surface area contributed by atoms with Crippen LogP contribution in [-0.2, 0) is 0 Å². The number of hydrogen-bond donors (Lipinski definition) is 0. The van der Waals surface area contributed by atoms with Gasteiger partial charge >= 0.3 is 0 Å². The number of rotatable bonds is 3. The molecule has 0 saturated heterocycles. The third-order valence-electron chi connectivity index (χ3n) is 8.87. The Morgan fingerprint density at radius 3 is 1.33 bits per heavy atom. The van der Waals surface area contributed by atoms with Crippen molar-refractivity contribution in [3.8, 4) is 33.4 Å². The zero-order valence-corrected chi connectivity index (χ0v) is 24.2. The molecule has 0 nitrogen and oxygen atoms in total. The van der Waals surface area contributed by atoms with Crippen molar-refractivity contribution in [1.29, 1.82) is 0 Å². The zero-order chi connectivity index (χ0) is 28.3. The number of benzene rings is 8. The molecule has 0 fully saturated rings. The SMILES string of the molecule is c1cc(-c2ccc(-c3ccc4c5ccccc5c5ccccc5c4c3)cc2)cc(-c2ccc3sc4ccccc4c3c2)c1. The van der Waals surface area contributed by atoms with Gasteiger partial charge in [-0.1, -0.05) is 127 Å². The molecule has 1 heteroatoms. The van der Waals surface area contributed by atoms with E-state index in [1.165, 1.54) is 85.9 Å². The Hall–Kier alpha value is -5.24. The van der Waals surface area contributed by atoms with E-state index in [0.717, 1.165) is 0 Å². The van der Waals surface area contributed by atoms with Gasteiger partial charge < -0.3 is 0 Å². The average molecular weight is 563 g/mol. The Morgan fingerprint density at radius 1 is 0.233 bits per heavy atom. The van der Waals surface area contributed by atoms with E-state index >= 15 is 0 Å². The second kappa shape index (κ2) is 9.66. The summed E-state index contributed by atoms with van der Waals surface area (Å²) in [5, 5.41) is 10.5. The lowest BCUT2D eigenvalue weighted by Crippen LogP contribution is -1.85. The highest BCUT2D eigenvalue weighted by molar-refractivity contribution is 7.25. The normalized spacial score (nSPS) is 11.7. The molecule has 0 spiro atoms. The molecule has 0 aliphatic rings. The van der Waals surface area contributed by atoms with Crippen molar-refractivity contribution in [3.05, 3.63) is 158 Å². The summed E-state index contributed by atoms with van der Waals surface area (Å²) in [5.41, 5.74) is 7.43. The van der Waals surface area contributed by atoms with Crippen LogP contribution in [0, 0.1) is 0 Å². The quantitative estimate of drug-likeness (QED) is 0.188. The lowest BCUT2D eigenvalue weighted by molar-refractivity contribution is 1.59. The van der Waals surface area contributed by atoms with Crippen LogP contribution in [0.25, 0.3) is 85.9 Å². The van der Waals surface area contributed by atoms with Crippen LogP contribution in [-0.4, -0.2) is 0 Å². The molecule has 0 radical (unpaired) electrons. The first-order valence-corrected chi connectivity index (χ1v) is 15.6. The Labute approximate surface area is 254 Å². The highest BCUT2D eigenvalue weighted by Gasteiger charge is 2.11. The van der Waals surface area contributed by atoms with Crippen molar-refractivity contribution in [2.45, 2.75) is 0 Å². The molecular formula is C42H26S. The van der Waals surface area contributed by atoms with Gasteiger partial charge in [0.25, 0.3) is 0 Å². The van der Waals surface area contributed by atoms with Crippen LogP contribution in [0.3, 0.4) is 0 Å². The van der Waals surface area contributed by atoms with E-state index < -0.39 is 0 Å². The molecule has 0 atom stereocenters. The molecule has 8 aromatic carbocycles. The Balaban J connectivity index is 1.09. The Kier molecular flexibility index (Phi) is 5.47. The monoisotopic (exact) mass is 562 g/mol. The predicted molar refractivity (Wildman–Crippen MR) is 188 cm³/mol. The predicted octanol–water partition coefficient (Wildman–Crippen LogP) is 12.5. The summed E-state index contributed by atoms with van der Waals surface area (Å²) >= 11 is 1.87. The number of thiophene rings is 1. The molecule has 0 aliphatic carbocycles. The van der Waals surface area contributed by atoms with Gasteiger partial charge in [0, 0.05) is 20.2 Å². The van der Waals surface area contributed by atoms with Crippen molar-refractivity contribution in [2.24, 2.45) is 0 Å². The molecule has 9 rings (SSSR count). The first kappa shape index (κ1) is 24.4. The summed E-state index contributed by atoms with van der Waals surface area (Å²) in [6.45, 7) is 0. The summed E-state index contributed by atoms with van der Waals surface area (Å²) in [6, 6.07) is 58.0. The lowest BCUT2D eigenvalue weighted by atomic mass is 9.91. The van der Waals surface area contributed by atoms with Crippen molar-refractivity contribution in [3.63, 3.8) is 0 Å². The topological polar surface area (TPSA) is 0 Å². The van der Waals surface area contributed by atoms with Crippen LogP contribution in [0.1, 0.15) is 0 Å². The van der Waals surface area contributed by atoms with Crippen LogP contribution in [0.5, 0.6) is 0 Å². The summed E-state index contributed by atoms with van der Waals surface area (Å²) in [4.78, 5) is 0.